The topological polar surface area (TPSA) is 70.2 Å². The monoisotopic (exact) mass is 379 g/mol. The molecule has 0 aliphatic carbocycles. The predicted octanol–water partition coefficient (Wildman–Crippen LogP) is 3.84. The van der Waals surface area contributed by atoms with Crippen LogP contribution in [-0.4, -0.2) is 19.0 Å². The Morgan fingerprint density at radius 2 is 1.72 bits per heavy atom. The summed E-state index contributed by atoms with van der Waals surface area (Å²) in [7, 11) is 1.45. The molecule has 0 saturated carbocycles. The van der Waals surface area contributed by atoms with Crippen molar-refractivity contribution in [1.29, 1.82) is 0 Å². The van der Waals surface area contributed by atoms with Gasteiger partial charge in [-0.3, -0.25) is 15.4 Å². The molecular formula is C18H19Cl2N3O2. The van der Waals surface area contributed by atoms with Gasteiger partial charge in [-0.15, -0.1) is 0 Å². The third-order valence-corrected chi connectivity index (χ3v) is 4.27. The molecule has 2 atom stereocenters. The van der Waals surface area contributed by atoms with Crippen LogP contribution < -0.4 is 16.0 Å². The van der Waals surface area contributed by atoms with Crippen molar-refractivity contribution >= 4 is 35.1 Å². The summed E-state index contributed by atoms with van der Waals surface area (Å²) in [5, 5.41) is 8.94. The smallest absolute Gasteiger partial charge is 0.321 e. The first-order valence-electron chi connectivity index (χ1n) is 7.71. The molecule has 0 unspecified atom stereocenters. The fraction of sp³-hybridized carbons (Fsp3) is 0.222. The van der Waals surface area contributed by atoms with Gasteiger partial charge >= 0.3 is 6.03 Å². The van der Waals surface area contributed by atoms with Crippen LogP contribution in [0.15, 0.2) is 48.5 Å². The molecule has 0 bridgehead atoms. The van der Waals surface area contributed by atoms with E-state index in [0.29, 0.717) is 10.0 Å². The SMILES string of the molecule is CNC(=O)NC(=O)[C@@H](N[C@@H](C)c1ccc(Cl)cc1Cl)c1ccccc1. The van der Waals surface area contributed by atoms with Crippen LogP contribution >= 0.6 is 23.2 Å². The van der Waals surface area contributed by atoms with Crippen LogP contribution in [0.5, 0.6) is 0 Å². The van der Waals surface area contributed by atoms with Crippen molar-refractivity contribution in [2.24, 2.45) is 0 Å². The van der Waals surface area contributed by atoms with Gasteiger partial charge in [0.25, 0.3) is 0 Å². The molecule has 5 nitrogen and oxygen atoms in total. The van der Waals surface area contributed by atoms with E-state index in [1.807, 2.05) is 37.3 Å². The molecule has 3 amide bonds. The zero-order valence-electron chi connectivity index (χ0n) is 13.8. The number of carbonyl (C=O) groups excluding carboxylic acids is 2. The third-order valence-electron chi connectivity index (χ3n) is 3.70. The number of nitrogens with one attached hydrogen (secondary N) is 3. The lowest BCUT2D eigenvalue weighted by Gasteiger charge is -2.24. The van der Waals surface area contributed by atoms with Crippen LogP contribution in [0.4, 0.5) is 4.79 Å². The molecule has 2 rings (SSSR count). The van der Waals surface area contributed by atoms with Gasteiger partial charge in [0, 0.05) is 23.1 Å². The minimum absolute atomic E-state index is 0.245. The molecule has 3 N–H and O–H groups in total. The van der Waals surface area contributed by atoms with Crippen molar-refractivity contribution in [3.05, 3.63) is 69.7 Å². The second-order valence-electron chi connectivity index (χ2n) is 5.47. The minimum Gasteiger partial charge on any atom is -0.341 e. The Hall–Kier alpha value is -2.08. The van der Waals surface area contributed by atoms with E-state index in [0.717, 1.165) is 11.1 Å². The molecule has 2 aromatic rings. The van der Waals surface area contributed by atoms with Gasteiger partial charge in [0.1, 0.15) is 6.04 Å². The van der Waals surface area contributed by atoms with Crippen molar-refractivity contribution < 1.29 is 9.59 Å². The highest BCUT2D eigenvalue weighted by Crippen LogP contribution is 2.28. The fourth-order valence-electron chi connectivity index (χ4n) is 2.41. The summed E-state index contributed by atoms with van der Waals surface area (Å²) in [5.41, 5.74) is 1.54. The van der Waals surface area contributed by atoms with Crippen LogP contribution in [-0.2, 0) is 4.79 Å². The van der Waals surface area contributed by atoms with Crippen LogP contribution in [0, 0.1) is 0 Å². The summed E-state index contributed by atoms with van der Waals surface area (Å²) in [5.74, 6) is -0.456. The highest BCUT2D eigenvalue weighted by atomic mass is 35.5. The quantitative estimate of drug-likeness (QED) is 0.738. The van der Waals surface area contributed by atoms with Crippen LogP contribution in [0.2, 0.25) is 10.0 Å². The first-order chi connectivity index (χ1) is 11.9. The molecule has 7 heteroatoms. The number of hydrogen-bond acceptors (Lipinski definition) is 3. The Labute approximate surface area is 156 Å². The summed E-state index contributed by atoms with van der Waals surface area (Å²) < 4.78 is 0. The zero-order valence-corrected chi connectivity index (χ0v) is 15.4. The second-order valence-corrected chi connectivity index (χ2v) is 6.31. The maximum Gasteiger partial charge on any atom is 0.321 e. The second kappa shape index (κ2) is 8.85. The van der Waals surface area contributed by atoms with Gasteiger partial charge in [-0.2, -0.15) is 0 Å². The summed E-state index contributed by atoms with van der Waals surface area (Å²) >= 11 is 12.2. The van der Waals surface area contributed by atoms with E-state index in [1.165, 1.54) is 7.05 Å². The maximum atomic E-state index is 12.5. The number of hydrogen-bond donors (Lipinski definition) is 3. The van der Waals surface area contributed by atoms with Crippen molar-refractivity contribution in [3.8, 4) is 0 Å². The van der Waals surface area contributed by atoms with E-state index in [9.17, 15) is 9.59 Å². The lowest BCUT2D eigenvalue weighted by molar-refractivity contribution is -0.122. The van der Waals surface area contributed by atoms with Gasteiger partial charge < -0.3 is 5.32 Å². The lowest BCUT2D eigenvalue weighted by atomic mass is 10.0. The van der Waals surface area contributed by atoms with Crippen molar-refractivity contribution in [1.82, 2.24) is 16.0 Å². The molecule has 25 heavy (non-hydrogen) atoms. The van der Waals surface area contributed by atoms with E-state index < -0.39 is 18.0 Å². The van der Waals surface area contributed by atoms with Crippen LogP contribution in [0.25, 0.3) is 0 Å². The number of amides is 3. The lowest BCUT2D eigenvalue weighted by Crippen LogP contribution is -2.44. The molecule has 0 aromatic heterocycles. The van der Waals surface area contributed by atoms with Crippen LogP contribution in [0.3, 0.4) is 0 Å². The van der Waals surface area contributed by atoms with E-state index in [-0.39, 0.29) is 6.04 Å². The molecule has 0 aliphatic heterocycles. The Morgan fingerprint density at radius 3 is 2.32 bits per heavy atom. The molecule has 0 saturated heterocycles. The summed E-state index contributed by atoms with van der Waals surface area (Å²) in [6, 6.07) is 12.8. The Morgan fingerprint density at radius 1 is 1.04 bits per heavy atom. The Bertz CT molecular complexity index is 753. The van der Waals surface area contributed by atoms with Gasteiger partial charge in [0.05, 0.1) is 0 Å². The number of imide groups is 1. The average Bonchev–Trinajstić information content (AvgIpc) is 2.59. The van der Waals surface area contributed by atoms with E-state index >= 15 is 0 Å². The van der Waals surface area contributed by atoms with E-state index in [4.69, 9.17) is 23.2 Å². The third kappa shape index (κ3) is 5.19. The number of halogens is 2. The first kappa shape index (κ1) is 19.2. The number of rotatable bonds is 5. The Balaban J connectivity index is 2.26. The van der Waals surface area contributed by atoms with E-state index in [1.54, 1.807) is 18.2 Å². The Kier molecular flexibility index (Phi) is 6.82. The van der Waals surface area contributed by atoms with Gasteiger partial charge in [-0.25, -0.2) is 4.79 Å². The molecule has 2 aromatic carbocycles. The molecule has 132 valence electrons. The number of benzene rings is 2. The zero-order chi connectivity index (χ0) is 18.4. The summed E-state index contributed by atoms with van der Waals surface area (Å²) in [6.07, 6.45) is 0. The average molecular weight is 380 g/mol. The van der Waals surface area contributed by atoms with Crippen molar-refractivity contribution in [3.63, 3.8) is 0 Å². The maximum absolute atomic E-state index is 12.5. The molecular weight excluding hydrogens is 361 g/mol. The van der Waals surface area contributed by atoms with Gasteiger partial charge in [0.15, 0.2) is 0 Å². The molecule has 0 heterocycles. The normalized spacial score (nSPS) is 13.0. The van der Waals surface area contributed by atoms with Gasteiger partial charge in [-0.1, -0.05) is 59.6 Å². The predicted molar refractivity (Wildman–Crippen MR) is 99.8 cm³/mol. The van der Waals surface area contributed by atoms with Crippen LogP contribution in [0.1, 0.15) is 30.1 Å². The summed E-state index contributed by atoms with van der Waals surface area (Å²) in [4.78, 5) is 24.0. The molecule has 0 aliphatic rings. The van der Waals surface area contributed by atoms with Gasteiger partial charge in [-0.05, 0) is 30.2 Å². The largest absolute Gasteiger partial charge is 0.341 e. The van der Waals surface area contributed by atoms with Gasteiger partial charge in [0.2, 0.25) is 5.91 Å². The standard InChI is InChI=1S/C18H19Cl2N3O2/c1-11(14-9-8-13(19)10-15(14)20)22-16(12-6-4-3-5-7-12)17(24)23-18(25)21-2/h3-11,16,22H,1-2H3,(H2,21,23,24,25)/t11-,16-/m0/s1. The minimum atomic E-state index is -0.722. The van der Waals surface area contributed by atoms with Crippen molar-refractivity contribution in [2.75, 3.05) is 7.05 Å². The number of urea groups is 1. The number of carbonyl (C=O) groups is 2. The highest BCUT2D eigenvalue weighted by Gasteiger charge is 2.24. The highest BCUT2D eigenvalue weighted by molar-refractivity contribution is 6.35. The van der Waals surface area contributed by atoms with Crippen molar-refractivity contribution in [2.45, 2.75) is 19.0 Å². The molecule has 0 fully saturated rings. The van der Waals surface area contributed by atoms with E-state index in [2.05, 4.69) is 16.0 Å². The molecule has 0 radical (unpaired) electrons. The molecule has 0 spiro atoms. The summed E-state index contributed by atoms with van der Waals surface area (Å²) in [6.45, 7) is 1.89. The fourth-order valence-corrected chi connectivity index (χ4v) is 2.98. The first-order valence-corrected chi connectivity index (χ1v) is 8.46.